The number of aliphatic hydroxyl groups is 1. The maximum absolute atomic E-state index is 14.5. The topological polar surface area (TPSA) is 117 Å². The summed E-state index contributed by atoms with van der Waals surface area (Å²) in [6.07, 6.45) is 5.11. The van der Waals surface area contributed by atoms with E-state index in [-0.39, 0.29) is 30.7 Å². The first kappa shape index (κ1) is 37.5. The third kappa shape index (κ3) is 9.71. The fraction of sp³-hybridized carbons (Fsp3) is 0.415. The minimum atomic E-state index is -0.420. The Morgan fingerprint density at radius 3 is 2.33 bits per heavy atom. The summed E-state index contributed by atoms with van der Waals surface area (Å²) in [5.74, 6) is -0.609. The molecule has 4 aromatic rings. The second kappa shape index (κ2) is 18.4. The van der Waals surface area contributed by atoms with Crippen LogP contribution in [0, 0.1) is 6.92 Å². The number of aryl methyl sites for hydroxylation is 1. The van der Waals surface area contributed by atoms with Crippen LogP contribution in [0.1, 0.15) is 95.6 Å². The van der Waals surface area contributed by atoms with Gasteiger partial charge in [0.25, 0.3) is 11.8 Å². The van der Waals surface area contributed by atoms with Gasteiger partial charge in [-0.2, -0.15) is 5.10 Å². The molecule has 0 saturated carbocycles. The second-order valence-corrected chi connectivity index (χ2v) is 13.2. The molecule has 2 heterocycles. The van der Waals surface area contributed by atoms with Gasteiger partial charge < -0.3 is 25.0 Å². The van der Waals surface area contributed by atoms with Crippen molar-refractivity contribution < 1.29 is 24.2 Å². The number of aliphatic hydroxyl groups excluding tert-OH is 1. The molecule has 270 valence electrons. The van der Waals surface area contributed by atoms with E-state index in [2.05, 4.69) is 19.2 Å². The van der Waals surface area contributed by atoms with Crippen LogP contribution in [0.15, 0.2) is 78.9 Å². The van der Waals surface area contributed by atoms with Crippen molar-refractivity contribution in [3.63, 3.8) is 0 Å². The van der Waals surface area contributed by atoms with E-state index in [0.717, 1.165) is 42.4 Å². The number of rotatable bonds is 17. The van der Waals surface area contributed by atoms with Gasteiger partial charge in [-0.15, -0.1) is 0 Å². The zero-order valence-corrected chi connectivity index (χ0v) is 30.1. The summed E-state index contributed by atoms with van der Waals surface area (Å²) in [5.41, 5.74) is 5.52. The van der Waals surface area contributed by atoms with Gasteiger partial charge in [0.05, 0.1) is 30.5 Å². The van der Waals surface area contributed by atoms with Crippen molar-refractivity contribution >= 4 is 23.4 Å². The van der Waals surface area contributed by atoms with Crippen LogP contribution in [-0.2, 0) is 29.1 Å². The molecule has 10 nitrogen and oxygen atoms in total. The van der Waals surface area contributed by atoms with E-state index in [1.165, 1.54) is 0 Å². The molecule has 5 rings (SSSR count). The Balaban J connectivity index is 1.40. The number of hydrogen-bond donors (Lipinski definition) is 2. The number of nitrogens with zero attached hydrogens (tertiary/aromatic N) is 4. The maximum Gasteiger partial charge on any atom is 0.274 e. The maximum atomic E-state index is 14.5. The first-order chi connectivity index (χ1) is 24.8. The van der Waals surface area contributed by atoms with Gasteiger partial charge in [0, 0.05) is 44.0 Å². The largest absolute Gasteiger partial charge is 0.394 e. The van der Waals surface area contributed by atoms with Crippen molar-refractivity contribution in [1.29, 1.82) is 0 Å². The fourth-order valence-corrected chi connectivity index (χ4v) is 6.43. The number of unbranched alkanes of at least 4 members (excludes halogenated alkanes) is 2. The molecule has 1 atom stereocenters. The van der Waals surface area contributed by atoms with Crippen molar-refractivity contribution in [2.75, 3.05) is 31.6 Å². The monoisotopic (exact) mass is 693 g/mol. The molecule has 1 aromatic heterocycles. The summed E-state index contributed by atoms with van der Waals surface area (Å²) in [7, 11) is 0. The van der Waals surface area contributed by atoms with Gasteiger partial charge in [0.15, 0.2) is 5.69 Å². The fourth-order valence-electron chi connectivity index (χ4n) is 6.43. The quantitative estimate of drug-likeness (QED) is 0.119. The van der Waals surface area contributed by atoms with Crippen LogP contribution in [0.2, 0.25) is 0 Å². The molecule has 51 heavy (non-hydrogen) atoms. The van der Waals surface area contributed by atoms with Crippen LogP contribution >= 0.6 is 0 Å². The van der Waals surface area contributed by atoms with E-state index in [4.69, 9.17) is 9.84 Å². The molecule has 0 unspecified atom stereocenters. The summed E-state index contributed by atoms with van der Waals surface area (Å²) < 4.78 is 7.38. The number of anilines is 1. The third-order valence-corrected chi connectivity index (χ3v) is 9.33. The molecule has 0 fully saturated rings. The number of ether oxygens (including phenoxy) is 1. The Bertz CT molecular complexity index is 1760. The van der Waals surface area contributed by atoms with E-state index in [9.17, 15) is 19.5 Å². The van der Waals surface area contributed by atoms with Crippen LogP contribution in [0.4, 0.5) is 5.69 Å². The highest BCUT2D eigenvalue weighted by atomic mass is 16.5. The Labute approximate surface area is 301 Å². The predicted octanol–water partition coefficient (Wildman–Crippen LogP) is 6.72. The summed E-state index contributed by atoms with van der Waals surface area (Å²) in [6.45, 7) is 8.48. The van der Waals surface area contributed by atoms with E-state index < -0.39 is 6.04 Å². The molecule has 0 aliphatic carbocycles. The first-order valence-electron chi connectivity index (χ1n) is 18.2. The molecule has 0 spiro atoms. The molecular formula is C41H51N5O5. The summed E-state index contributed by atoms with van der Waals surface area (Å²) in [5, 5.41) is 18.1. The lowest BCUT2D eigenvalue weighted by molar-refractivity contribution is -0.116. The number of hydrogen-bond acceptors (Lipinski definition) is 6. The van der Waals surface area contributed by atoms with Crippen molar-refractivity contribution in [3.05, 3.63) is 113 Å². The summed E-state index contributed by atoms with van der Waals surface area (Å²) >= 11 is 0. The zero-order chi connectivity index (χ0) is 36.2. The number of nitrogens with one attached hydrogen (secondary N) is 1. The van der Waals surface area contributed by atoms with Gasteiger partial charge in [-0.25, -0.2) is 4.68 Å². The third-order valence-electron chi connectivity index (χ3n) is 9.33. The van der Waals surface area contributed by atoms with Gasteiger partial charge in [0.1, 0.15) is 0 Å². The lowest BCUT2D eigenvalue weighted by Crippen LogP contribution is -2.46. The molecule has 0 radical (unpaired) electrons. The van der Waals surface area contributed by atoms with Crippen LogP contribution in [0.25, 0.3) is 5.69 Å². The van der Waals surface area contributed by atoms with Gasteiger partial charge >= 0.3 is 0 Å². The molecule has 10 heteroatoms. The molecule has 2 N–H and O–H groups in total. The van der Waals surface area contributed by atoms with Crippen LogP contribution in [0.3, 0.4) is 0 Å². The predicted molar refractivity (Wildman–Crippen MR) is 199 cm³/mol. The summed E-state index contributed by atoms with van der Waals surface area (Å²) in [4.78, 5) is 44.8. The first-order valence-corrected chi connectivity index (χ1v) is 18.2. The highest BCUT2D eigenvalue weighted by Gasteiger charge is 2.32. The van der Waals surface area contributed by atoms with Crippen molar-refractivity contribution in [3.8, 4) is 5.69 Å². The second-order valence-electron chi connectivity index (χ2n) is 13.2. The smallest absolute Gasteiger partial charge is 0.274 e. The van der Waals surface area contributed by atoms with Crippen LogP contribution in [-0.4, -0.2) is 74.8 Å². The van der Waals surface area contributed by atoms with E-state index in [1.54, 1.807) is 33.8 Å². The van der Waals surface area contributed by atoms with Gasteiger partial charge in [-0.3, -0.25) is 14.4 Å². The highest BCUT2D eigenvalue weighted by molar-refractivity contribution is 6.01. The van der Waals surface area contributed by atoms with Crippen LogP contribution < -0.4 is 5.32 Å². The molecule has 3 amide bonds. The van der Waals surface area contributed by atoms with Crippen LogP contribution in [0.5, 0.6) is 0 Å². The lowest BCUT2D eigenvalue weighted by Gasteiger charge is -2.36. The van der Waals surface area contributed by atoms with E-state index in [1.807, 2.05) is 66.4 Å². The Hall–Kier alpha value is -4.80. The highest BCUT2D eigenvalue weighted by Crippen LogP contribution is 2.29. The minimum Gasteiger partial charge on any atom is -0.394 e. The minimum absolute atomic E-state index is 0.128. The Morgan fingerprint density at radius 1 is 0.922 bits per heavy atom. The molecule has 0 saturated heterocycles. The zero-order valence-electron chi connectivity index (χ0n) is 30.1. The van der Waals surface area contributed by atoms with Gasteiger partial charge in [-0.1, -0.05) is 81.3 Å². The molecular weight excluding hydrogens is 642 g/mol. The number of carbonyl (C=O) groups is 3. The van der Waals surface area contributed by atoms with E-state index >= 15 is 0 Å². The number of benzene rings is 3. The standard InChI is InChI=1S/C41H51N5O5/c1-4-6-21-44(22-7-5-2)41(50)37-24-30(3)46(43-37)38-20-19-34(42-39(48)18-13-23-51-29-31-14-9-8-10-15-31)26-36(38)40(49)45-27-33-17-12-11-16-32(33)25-35(45)28-47/h8-12,14-17,19-20,24,26,35,47H,4-7,13,18,21-23,25,27-29H2,1-3H3,(H,42,48)/t35-/m0/s1. The lowest BCUT2D eigenvalue weighted by atomic mass is 9.93. The molecule has 0 bridgehead atoms. The molecule has 3 aromatic carbocycles. The average molecular weight is 694 g/mol. The van der Waals surface area contributed by atoms with Gasteiger partial charge in [0.2, 0.25) is 5.91 Å². The number of fused-ring (bicyclic) bond motifs is 1. The van der Waals surface area contributed by atoms with Gasteiger partial charge in [-0.05, 0) is 73.6 Å². The molecule has 1 aliphatic heterocycles. The molecule has 1 aliphatic rings. The van der Waals surface area contributed by atoms with Crippen molar-refractivity contribution in [1.82, 2.24) is 19.6 Å². The number of carbonyl (C=O) groups excluding carboxylic acids is 3. The Kier molecular flexibility index (Phi) is 13.5. The summed E-state index contributed by atoms with van der Waals surface area (Å²) in [6, 6.07) is 24.4. The normalized spacial score (nSPS) is 13.9. The number of aromatic nitrogens is 2. The van der Waals surface area contributed by atoms with Crippen molar-refractivity contribution in [2.45, 2.75) is 84.9 Å². The van der Waals surface area contributed by atoms with E-state index in [0.29, 0.717) is 74.0 Å². The number of amides is 3. The van der Waals surface area contributed by atoms with Crippen molar-refractivity contribution in [2.24, 2.45) is 0 Å². The average Bonchev–Trinajstić information content (AvgIpc) is 3.55. The Morgan fingerprint density at radius 2 is 1.63 bits per heavy atom. The SMILES string of the molecule is CCCCN(CCCC)C(=O)c1cc(C)n(-c2ccc(NC(=O)CCCOCc3ccccc3)cc2C(=O)N2Cc3ccccc3C[C@H]2CO)n1.